The zero-order valence-electron chi connectivity index (χ0n) is 23.4. The van der Waals surface area contributed by atoms with Gasteiger partial charge in [0, 0.05) is 10.8 Å². The highest BCUT2D eigenvalue weighted by Crippen LogP contribution is 2.38. The maximum absolute atomic E-state index is 6.06. The van der Waals surface area contributed by atoms with Crippen LogP contribution in [0.3, 0.4) is 0 Å². The molecule has 0 amide bonds. The van der Waals surface area contributed by atoms with Gasteiger partial charge in [-0.2, -0.15) is 0 Å². The summed E-state index contributed by atoms with van der Waals surface area (Å²) in [6.07, 6.45) is 0. The predicted molar refractivity (Wildman–Crippen MR) is 183 cm³/mol. The van der Waals surface area contributed by atoms with Gasteiger partial charge in [-0.05, 0) is 108 Å². The summed E-state index contributed by atoms with van der Waals surface area (Å²) in [7, 11) is 0. The molecular formula is C42H26O. The molecule has 9 aromatic rings. The van der Waals surface area contributed by atoms with Crippen molar-refractivity contribution in [3.63, 3.8) is 0 Å². The molecular weight excluding hydrogens is 520 g/mol. The van der Waals surface area contributed by atoms with E-state index in [-0.39, 0.29) is 0 Å². The Balaban J connectivity index is 1.15. The number of para-hydroxylation sites is 1. The average Bonchev–Trinajstić information content (AvgIpc) is 3.45. The molecule has 9 rings (SSSR count). The van der Waals surface area contributed by atoms with E-state index in [1.165, 1.54) is 65.7 Å². The summed E-state index contributed by atoms with van der Waals surface area (Å²) in [5.74, 6) is 0. The highest BCUT2D eigenvalue weighted by molar-refractivity contribution is 6.14. The van der Waals surface area contributed by atoms with Crippen LogP contribution in [0.2, 0.25) is 0 Å². The van der Waals surface area contributed by atoms with E-state index in [1.54, 1.807) is 0 Å². The summed E-state index contributed by atoms with van der Waals surface area (Å²) in [6.45, 7) is 0. The average molecular weight is 547 g/mol. The van der Waals surface area contributed by atoms with E-state index in [0.717, 1.165) is 21.9 Å². The van der Waals surface area contributed by atoms with Gasteiger partial charge >= 0.3 is 0 Å². The lowest BCUT2D eigenvalue weighted by molar-refractivity contribution is 0.669. The van der Waals surface area contributed by atoms with Crippen LogP contribution >= 0.6 is 0 Å². The van der Waals surface area contributed by atoms with E-state index in [9.17, 15) is 0 Å². The van der Waals surface area contributed by atoms with Crippen molar-refractivity contribution in [1.82, 2.24) is 0 Å². The summed E-state index contributed by atoms with van der Waals surface area (Å²) in [6, 6.07) is 57.0. The summed E-state index contributed by atoms with van der Waals surface area (Å²) in [4.78, 5) is 0. The minimum atomic E-state index is 0.923. The van der Waals surface area contributed by atoms with Gasteiger partial charge in [-0.3, -0.25) is 0 Å². The molecule has 1 aromatic heterocycles. The van der Waals surface area contributed by atoms with E-state index >= 15 is 0 Å². The largest absolute Gasteiger partial charge is 0.456 e. The molecule has 0 fully saturated rings. The van der Waals surface area contributed by atoms with Gasteiger partial charge in [0.2, 0.25) is 0 Å². The van der Waals surface area contributed by atoms with E-state index in [1.807, 2.05) is 12.1 Å². The Labute approximate surface area is 249 Å². The lowest BCUT2D eigenvalue weighted by Crippen LogP contribution is -1.86. The van der Waals surface area contributed by atoms with Gasteiger partial charge in [0.25, 0.3) is 0 Å². The predicted octanol–water partition coefficient (Wildman–Crippen LogP) is 12.0. The van der Waals surface area contributed by atoms with Gasteiger partial charge in [0.05, 0.1) is 0 Å². The normalized spacial score (nSPS) is 11.7. The molecule has 43 heavy (non-hydrogen) atoms. The molecule has 8 aromatic carbocycles. The Morgan fingerprint density at radius 2 is 0.884 bits per heavy atom. The first-order valence-electron chi connectivity index (χ1n) is 14.8. The highest BCUT2D eigenvalue weighted by atomic mass is 16.3. The van der Waals surface area contributed by atoms with Crippen molar-refractivity contribution in [2.75, 3.05) is 0 Å². The van der Waals surface area contributed by atoms with Crippen LogP contribution in [-0.4, -0.2) is 0 Å². The van der Waals surface area contributed by atoms with Gasteiger partial charge in [0.15, 0.2) is 0 Å². The van der Waals surface area contributed by atoms with Crippen LogP contribution in [0.1, 0.15) is 0 Å². The Bertz CT molecular complexity index is 2510. The molecule has 1 heterocycles. The second kappa shape index (κ2) is 9.44. The third kappa shape index (κ3) is 3.94. The number of furan rings is 1. The Morgan fingerprint density at radius 3 is 1.72 bits per heavy atom. The van der Waals surface area contributed by atoms with Crippen molar-refractivity contribution in [1.29, 1.82) is 0 Å². The van der Waals surface area contributed by atoms with E-state index in [4.69, 9.17) is 4.42 Å². The van der Waals surface area contributed by atoms with E-state index in [0.29, 0.717) is 0 Å². The molecule has 0 spiro atoms. The van der Waals surface area contributed by atoms with Crippen molar-refractivity contribution < 1.29 is 4.42 Å². The smallest absolute Gasteiger partial charge is 0.135 e. The fourth-order valence-electron chi connectivity index (χ4n) is 6.67. The SMILES string of the molecule is c1cc(-c2ccc3ccc(-c4ccc5oc6ccccc6c5c4)cc3c2)cc(-c2cc3ccccc3c3ccccc23)c1. The molecule has 0 aliphatic carbocycles. The molecule has 0 radical (unpaired) electrons. The zero-order valence-corrected chi connectivity index (χ0v) is 23.4. The van der Waals surface area contributed by atoms with Gasteiger partial charge in [0.1, 0.15) is 11.2 Å². The molecule has 200 valence electrons. The van der Waals surface area contributed by atoms with Crippen LogP contribution in [-0.2, 0) is 0 Å². The first kappa shape index (κ1) is 24.0. The molecule has 0 aliphatic heterocycles. The minimum absolute atomic E-state index is 0.923. The number of fused-ring (bicyclic) bond motifs is 7. The first-order chi connectivity index (χ1) is 21.3. The molecule has 0 atom stereocenters. The van der Waals surface area contributed by atoms with Crippen molar-refractivity contribution >= 4 is 54.3 Å². The van der Waals surface area contributed by atoms with Crippen LogP contribution in [0.4, 0.5) is 0 Å². The maximum atomic E-state index is 6.06. The molecule has 0 saturated carbocycles. The van der Waals surface area contributed by atoms with Crippen LogP contribution < -0.4 is 0 Å². The second-order valence-corrected chi connectivity index (χ2v) is 11.4. The fraction of sp³-hybridized carbons (Fsp3) is 0. The van der Waals surface area contributed by atoms with Gasteiger partial charge in [-0.15, -0.1) is 0 Å². The molecule has 0 bridgehead atoms. The van der Waals surface area contributed by atoms with Crippen LogP contribution in [0.5, 0.6) is 0 Å². The Kier molecular flexibility index (Phi) is 5.27. The summed E-state index contributed by atoms with van der Waals surface area (Å²) in [5.41, 5.74) is 9.17. The van der Waals surface area contributed by atoms with Crippen molar-refractivity contribution in [2.24, 2.45) is 0 Å². The molecule has 0 saturated heterocycles. The third-order valence-corrected chi connectivity index (χ3v) is 8.83. The maximum Gasteiger partial charge on any atom is 0.135 e. The first-order valence-corrected chi connectivity index (χ1v) is 14.8. The highest BCUT2D eigenvalue weighted by Gasteiger charge is 2.11. The molecule has 0 aliphatic rings. The van der Waals surface area contributed by atoms with Gasteiger partial charge in [-0.1, -0.05) is 115 Å². The van der Waals surface area contributed by atoms with E-state index in [2.05, 4.69) is 146 Å². The van der Waals surface area contributed by atoms with Crippen LogP contribution in [0, 0.1) is 0 Å². The lowest BCUT2D eigenvalue weighted by Gasteiger charge is -2.13. The molecule has 0 N–H and O–H groups in total. The molecule has 0 unspecified atom stereocenters. The number of benzene rings is 8. The second-order valence-electron chi connectivity index (χ2n) is 11.4. The summed E-state index contributed by atoms with van der Waals surface area (Å²) in [5, 5.41) is 9.91. The topological polar surface area (TPSA) is 13.1 Å². The number of hydrogen-bond acceptors (Lipinski definition) is 1. The number of rotatable bonds is 3. The monoisotopic (exact) mass is 546 g/mol. The van der Waals surface area contributed by atoms with Crippen molar-refractivity contribution in [3.05, 3.63) is 158 Å². The third-order valence-electron chi connectivity index (χ3n) is 8.83. The zero-order chi connectivity index (χ0) is 28.3. The standard InChI is InChI=1S/C42H26O/c1-2-11-35-33(8-1)26-39(37-13-4-3-12-36(35)37)32-10-7-9-28(22-32)29-18-16-27-17-19-30(24-34(27)23-29)31-20-21-42-40(25-31)38-14-5-6-15-41(38)43-42/h1-26H. The fourth-order valence-corrected chi connectivity index (χ4v) is 6.67. The lowest BCUT2D eigenvalue weighted by atomic mass is 9.91. The molecule has 1 nitrogen and oxygen atoms in total. The van der Waals surface area contributed by atoms with Crippen molar-refractivity contribution in [2.45, 2.75) is 0 Å². The summed E-state index contributed by atoms with van der Waals surface area (Å²) >= 11 is 0. The van der Waals surface area contributed by atoms with Crippen molar-refractivity contribution in [3.8, 4) is 33.4 Å². The molecule has 1 heteroatoms. The van der Waals surface area contributed by atoms with Crippen LogP contribution in [0.25, 0.3) is 87.6 Å². The Morgan fingerprint density at radius 1 is 0.279 bits per heavy atom. The van der Waals surface area contributed by atoms with Gasteiger partial charge in [-0.25, -0.2) is 0 Å². The van der Waals surface area contributed by atoms with Crippen LogP contribution in [0.15, 0.2) is 162 Å². The minimum Gasteiger partial charge on any atom is -0.456 e. The number of hydrogen-bond donors (Lipinski definition) is 0. The van der Waals surface area contributed by atoms with E-state index < -0.39 is 0 Å². The Hall–Kier alpha value is -5.66. The quantitative estimate of drug-likeness (QED) is 0.201. The van der Waals surface area contributed by atoms with Gasteiger partial charge < -0.3 is 4.42 Å². The summed E-state index contributed by atoms with van der Waals surface area (Å²) < 4.78 is 6.06.